The van der Waals surface area contributed by atoms with Gasteiger partial charge in [0.1, 0.15) is 0 Å². The van der Waals surface area contributed by atoms with Gasteiger partial charge in [-0.15, -0.1) is 0 Å². The predicted molar refractivity (Wildman–Crippen MR) is 97.7 cm³/mol. The summed E-state index contributed by atoms with van der Waals surface area (Å²) in [7, 11) is 0. The smallest absolute Gasteiger partial charge is 0.223 e. The van der Waals surface area contributed by atoms with Crippen molar-refractivity contribution >= 4 is 5.91 Å². The number of carbonyl (C=O) groups excluding carboxylic acids is 1. The Kier molecular flexibility index (Phi) is 5.65. The third-order valence-electron chi connectivity index (χ3n) is 4.99. The SMILES string of the molecule is NCC1CCN(C(=O)CC(Cc2ccccc2)c2ccccc2)C1. The Labute approximate surface area is 144 Å². The monoisotopic (exact) mass is 322 g/mol. The maximum Gasteiger partial charge on any atom is 0.223 e. The molecule has 0 spiro atoms. The minimum absolute atomic E-state index is 0.220. The lowest BCUT2D eigenvalue weighted by atomic mass is 9.89. The largest absolute Gasteiger partial charge is 0.342 e. The molecule has 1 aliphatic rings. The van der Waals surface area contributed by atoms with E-state index in [0.29, 0.717) is 18.9 Å². The predicted octanol–water partition coefficient (Wildman–Crippen LogP) is 3.21. The molecule has 1 amide bonds. The maximum absolute atomic E-state index is 12.8. The molecular weight excluding hydrogens is 296 g/mol. The average Bonchev–Trinajstić information content (AvgIpc) is 3.12. The van der Waals surface area contributed by atoms with Gasteiger partial charge in [-0.1, -0.05) is 60.7 Å². The van der Waals surface area contributed by atoms with Crippen molar-refractivity contribution in [3.8, 4) is 0 Å². The van der Waals surface area contributed by atoms with E-state index >= 15 is 0 Å². The van der Waals surface area contributed by atoms with Crippen LogP contribution in [-0.2, 0) is 11.2 Å². The van der Waals surface area contributed by atoms with Crippen LogP contribution >= 0.6 is 0 Å². The average molecular weight is 322 g/mol. The lowest BCUT2D eigenvalue weighted by molar-refractivity contribution is -0.130. The van der Waals surface area contributed by atoms with Gasteiger partial charge in [0.05, 0.1) is 0 Å². The second-order valence-electron chi connectivity index (χ2n) is 6.73. The summed E-state index contributed by atoms with van der Waals surface area (Å²) in [5, 5.41) is 0. The molecule has 1 aliphatic heterocycles. The van der Waals surface area contributed by atoms with E-state index in [4.69, 9.17) is 5.73 Å². The molecule has 0 aliphatic carbocycles. The third-order valence-corrected chi connectivity index (χ3v) is 4.99. The summed E-state index contributed by atoms with van der Waals surface area (Å²) >= 11 is 0. The van der Waals surface area contributed by atoms with Crippen LogP contribution in [0.25, 0.3) is 0 Å². The Balaban J connectivity index is 1.71. The number of nitrogens with zero attached hydrogens (tertiary/aromatic N) is 1. The first-order chi connectivity index (χ1) is 11.8. The van der Waals surface area contributed by atoms with Crippen molar-refractivity contribution in [1.82, 2.24) is 4.90 Å². The Bertz CT molecular complexity index is 641. The van der Waals surface area contributed by atoms with Gasteiger partial charge in [0.2, 0.25) is 5.91 Å². The van der Waals surface area contributed by atoms with Gasteiger partial charge >= 0.3 is 0 Å². The zero-order valence-electron chi connectivity index (χ0n) is 14.1. The molecule has 1 saturated heterocycles. The van der Waals surface area contributed by atoms with Gasteiger partial charge in [-0.3, -0.25) is 4.79 Å². The molecule has 0 saturated carbocycles. The van der Waals surface area contributed by atoms with E-state index in [9.17, 15) is 4.79 Å². The highest BCUT2D eigenvalue weighted by Gasteiger charge is 2.27. The number of nitrogens with two attached hydrogens (primary N) is 1. The van der Waals surface area contributed by atoms with E-state index < -0.39 is 0 Å². The van der Waals surface area contributed by atoms with E-state index in [1.54, 1.807) is 0 Å². The number of benzene rings is 2. The lowest BCUT2D eigenvalue weighted by Gasteiger charge is -2.22. The van der Waals surface area contributed by atoms with Crippen molar-refractivity contribution in [2.45, 2.75) is 25.2 Å². The molecule has 0 radical (unpaired) electrons. The summed E-state index contributed by atoms with van der Waals surface area (Å²) in [6.45, 7) is 2.35. The summed E-state index contributed by atoms with van der Waals surface area (Å²) < 4.78 is 0. The Morgan fingerprint density at radius 1 is 1.08 bits per heavy atom. The highest BCUT2D eigenvalue weighted by Crippen LogP contribution is 2.26. The van der Waals surface area contributed by atoms with Crippen molar-refractivity contribution in [2.75, 3.05) is 19.6 Å². The number of hydrogen-bond acceptors (Lipinski definition) is 2. The molecule has 2 unspecified atom stereocenters. The van der Waals surface area contributed by atoms with Crippen molar-refractivity contribution in [3.63, 3.8) is 0 Å². The van der Waals surface area contributed by atoms with Gasteiger partial charge in [-0.2, -0.15) is 0 Å². The van der Waals surface area contributed by atoms with Crippen molar-refractivity contribution < 1.29 is 4.79 Å². The van der Waals surface area contributed by atoms with E-state index in [0.717, 1.165) is 25.9 Å². The first-order valence-corrected chi connectivity index (χ1v) is 8.83. The molecule has 24 heavy (non-hydrogen) atoms. The number of carbonyl (C=O) groups is 1. The maximum atomic E-state index is 12.8. The fraction of sp³-hybridized carbons (Fsp3) is 0.381. The van der Waals surface area contributed by atoms with Crippen LogP contribution < -0.4 is 5.73 Å². The molecular formula is C21H26N2O. The molecule has 2 N–H and O–H groups in total. The lowest BCUT2D eigenvalue weighted by Crippen LogP contribution is -2.31. The summed E-state index contributed by atoms with van der Waals surface area (Å²) in [5.41, 5.74) is 8.27. The zero-order valence-corrected chi connectivity index (χ0v) is 14.1. The first kappa shape index (κ1) is 16.7. The zero-order chi connectivity index (χ0) is 16.8. The number of hydrogen-bond donors (Lipinski definition) is 1. The van der Waals surface area contributed by atoms with Gasteiger partial charge in [-0.25, -0.2) is 0 Å². The van der Waals surface area contributed by atoms with Crippen molar-refractivity contribution in [3.05, 3.63) is 71.8 Å². The minimum atomic E-state index is 0.220. The highest BCUT2D eigenvalue weighted by molar-refractivity contribution is 5.77. The van der Waals surface area contributed by atoms with E-state index in [-0.39, 0.29) is 11.8 Å². The van der Waals surface area contributed by atoms with Gasteiger partial charge in [0, 0.05) is 19.5 Å². The normalized spacial score (nSPS) is 18.5. The molecule has 2 aromatic rings. The molecule has 2 atom stereocenters. The molecule has 1 heterocycles. The molecule has 0 bridgehead atoms. The van der Waals surface area contributed by atoms with Gasteiger partial charge in [-0.05, 0) is 42.3 Å². The van der Waals surface area contributed by atoms with Crippen LogP contribution in [0.1, 0.15) is 29.9 Å². The Morgan fingerprint density at radius 3 is 2.38 bits per heavy atom. The van der Waals surface area contributed by atoms with Crippen molar-refractivity contribution in [2.24, 2.45) is 11.7 Å². The van der Waals surface area contributed by atoms with Gasteiger partial charge < -0.3 is 10.6 Å². The second kappa shape index (κ2) is 8.11. The number of likely N-dealkylation sites (tertiary alicyclic amines) is 1. The van der Waals surface area contributed by atoms with Crippen LogP contribution in [0.2, 0.25) is 0 Å². The summed E-state index contributed by atoms with van der Waals surface area (Å²) in [6, 6.07) is 20.8. The van der Waals surface area contributed by atoms with Crippen molar-refractivity contribution in [1.29, 1.82) is 0 Å². The number of rotatable bonds is 6. The molecule has 2 aromatic carbocycles. The van der Waals surface area contributed by atoms with E-state index in [2.05, 4.69) is 48.5 Å². The number of amides is 1. The fourth-order valence-corrected chi connectivity index (χ4v) is 3.52. The van der Waals surface area contributed by atoms with Crippen LogP contribution in [0, 0.1) is 5.92 Å². The Hall–Kier alpha value is -2.13. The Morgan fingerprint density at radius 2 is 1.75 bits per heavy atom. The summed E-state index contributed by atoms with van der Waals surface area (Å²) in [6.07, 6.45) is 2.50. The van der Waals surface area contributed by atoms with Crippen LogP contribution in [0.3, 0.4) is 0 Å². The van der Waals surface area contributed by atoms with E-state index in [1.165, 1.54) is 11.1 Å². The van der Waals surface area contributed by atoms with Gasteiger partial charge in [0.25, 0.3) is 0 Å². The molecule has 126 valence electrons. The topological polar surface area (TPSA) is 46.3 Å². The van der Waals surface area contributed by atoms with Crippen LogP contribution in [-0.4, -0.2) is 30.4 Å². The molecule has 3 heteroatoms. The fourth-order valence-electron chi connectivity index (χ4n) is 3.52. The highest BCUT2D eigenvalue weighted by atomic mass is 16.2. The van der Waals surface area contributed by atoms with Crippen LogP contribution in [0.15, 0.2) is 60.7 Å². The summed E-state index contributed by atoms with van der Waals surface area (Å²) in [5.74, 6) is 0.951. The molecule has 3 rings (SSSR count). The van der Waals surface area contributed by atoms with Crippen LogP contribution in [0.4, 0.5) is 0 Å². The minimum Gasteiger partial charge on any atom is -0.342 e. The van der Waals surface area contributed by atoms with E-state index in [1.807, 2.05) is 17.0 Å². The van der Waals surface area contributed by atoms with Crippen LogP contribution in [0.5, 0.6) is 0 Å². The quantitative estimate of drug-likeness (QED) is 0.887. The second-order valence-corrected chi connectivity index (χ2v) is 6.73. The molecule has 0 aromatic heterocycles. The molecule has 1 fully saturated rings. The summed E-state index contributed by atoms with van der Waals surface area (Å²) in [4.78, 5) is 14.8. The van der Waals surface area contributed by atoms with Gasteiger partial charge in [0.15, 0.2) is 0 Å². The first-order valence-electron chi connectivity index (χ1n) is 8.83. The standard InChI is InChI=1S/C21H26N2O/c22-15-18-11-12-23(16-18)21(24)14-20(19-9-5-2-6-10-19)13-17-7-3-1-4-8-17/h1-10,18,20H,11-16,22H2. The third kappa shape index (κ3) is 4.24. The molecule has 3 nitrogen and oxygen atoms in total.